The van der Waals surface area contributed by atoms with E-state index >= 15 is 0 Å². The smallest absolute Gasteiger partial charge is 0.290 e. The standard InChI is InChI=1S/C21H22N4O2S/c1-14-12-15(2)24-21(23-14)28-13-16-8-9-19(27-16)20(26)25-11-5-7-18(25)17-6-3-4-10-22-17/h3-4,6,8-10,12,18H,5,7,11,13H2,1-2H3/t18-/m1/s1. The molecule has 1 atom stereocenters. The molecule has 1 fully saturated rings. The molecule has 1 aliphatic rings. The lowest BCUT2D eigenvalue weighted by molar-refractivity contribution is 0.0699. The average Bonchev–Trinajstić information content (AvgIpc) is 3.35. The molecule has 0 N–H and O–H groups in total. The van der Waals surface area contributed by atoms with Gasteiger partial charge in [-0.1, -0.05) is 17.8 Å². The van der Waals surface area contributed by atoms with Gasteiger partial charge in [0, 0.05) is 24.1 Å². The van der Waals surface area contributed by atoms with Crippen LogP contribution in [0.1, 0.15) is 52.3 Å². The van der Waals surface area contributed by atoms with E-state index in [1.807, 2.05) is 49.1 Å². The average molecular weight is 395 g/mol. The highest BCUT2D eigenvalue weighted by atomic mass is 32.2. The number of furan rings is 1. The molecule has 4 heterocycles. The van der Waals surface area contributed by atoms with Gasteiger partial charge >= 0.3 is 0 Å². The van der Waals surface area contributed by atoms with E-state index < -0.39 is 0 Å². The SMILES string of the molecule is Cc1cc(C)nc(SCc2ccc(C(=O)N3CCC[C@@H]3c3ccccn3)o2)n1. The number of nitrogens with zero attached hydrogens (tertiary/aromatic N) is 4. The van der Waals surface area contributed by atoms with Gasteiger partial charge in [-0.3, -0.25) is 9.78 Å². The van der Waals surface area contributed by atoms with Gasteiger partial charge in [0.2, 0.25) is 0 Å². The number of thioether (sulfide) groups is 1. The van der Waals surface area contributed by atoms with Crippen LogP contribution in [-0.4, -0.2) is 32.3 Å². The predicted molar refractivity (Wildman–Crippen MR) is 107 cm³/mol. The molecule has 0 bridgehead atoms. The predicted octanol–water partition coefficient (Wildman–Crippen LogP) is 4.35. The van der Waals surface area contributed by atoms with Gasteiger partial charge in [-0.15, -0.1) is 0 Å². The summed E-state index contributed by atoms with van der Waals surface area (Å²) in [4.78, 5) is 28.1. The fraction of sp³-hybridized carbons (Fsp3) is 0.333. The van der Waals surface area contributed by atoms with Crippen molar-refractivity contribution in [2.75, 3.05) is 6.54 Å². The highest BCUT2D eigenvalue weighted by Gasteiger charge is 2.32. The highest BCUT2D eigenvalue weighted by molar-refractivity contribution is 7.98. The summed E-state index contributed by atoms with van der Waals surface area (Å²) >= 11 is 1.51. The Morgan fingerprint density at radius 1 is 1.21 bits per heavy atom. The van der Waals surface area contributed by atoms with E-state index in [-0.39, 0.29) is 11.9 Å². The Morgan fingerprint density at radius 3 is 2.79 bits per heavy atom. The third-order valence-electron chi connectivity index (χ3n) is 4.72. The van der Waals surface area contributed by atoms with Gasteiger partial charge < -0.3 is 9.32 Å². The molecule has 0 aliphatic carbocycles. The Morgan fingerprint density at radius 2 is 2.04 bits per heavy atom. The van der Waals surface area contributed by atoms with Crippen LogP contribution in [0, 0.1) is 13.8 Å². The molecule has 0 radical (unpaired) electrons. The topological polar surface area (TPSA) is 72.1 Å². The molecule has 6 nitrogen and oxygen atoms in total. The minimum absolute atomic E-state index is 0.0142. The number of carbonyl (C=O) groups excluding carboxylic acids is 1. The molecular formula is C21H22N4O2S. The molecule has 4 rings (SSSR count). The van der Waals surface area contributed by atoms with Crippen LogP contribution < -0.4 is 0 Å². The molecule has 1 saturated heterocycles. The summed E-state index contributed by atoms with van der Waals surface area (Å²) in [6.07, 6.45) is 3.67. The van der Waals surface area contributed by atoms with Crippen LogP contribution in [0.25, 0.3) is 0 Å². The van der Waals surface area contributed by atoms with E-state index in [0.29, 0.717) is 11.5 Å². The summed E-state index contributed by atoms with van der Waals surface area (Å²) in [5.41, 5.74) is 2.82. The quantitative estimate of drug-likeness (QED) is 0.473. The van der Waals surface area contributed by atoms with Crippen molar-refractivity contribution in [1.82, 2.24) is 19.9 Å². The number of aromatic nitrogens is 3. The Balaban J connectivity index is 1.44. The van der Waals surface area contributed by atoms with Crippen molar-refractivity contribution in [1.29, 1.82) is 0 Å². The molecule has 0 aromatic carbocycles. The summed E-state index contributed by atoms with van der Waals surface area (Å²) in [5.74, 6) is 1.62. The van der Waals surface area contributed by atoms with Gasteiger partial charge in [-0.25, -0.2) is 9.97 Å². The third-order valence-corrected chi connectivity index (χ3v) is 5.59. The lowest BCUT2D eigenvalue weighted by atomic mass is 10.1. The number of amides is 1. The van der Waals surface area contributed by atoms with Crippen LogP contribution in [0.15, 0.2) is 52.2 Å². The lowest BCUT2D eigenvalue weighted by Gasteiger charge is -2.23. The first-order valence-corrected chi connectivity index (χ1v) is 10.3. The summed E-state index contributed by atoms with van der Waals surface area (Å²) in [5, 5.41) is 0.719. The first-order chi connectivity index (χ1) is 13.6. The number of likely N-dealkylation sites (tertiary alicyclic amines) is 1. The summed E-state index contributed by atoms with van der Waals surface area (Å²) in [7, 11) is 0. The second-order valence-corrected chi connectivity index (χ2v) is 7.84. The van der Waals surface area contributed by atoms with Gasteiger partial charge in [-0.05, 0) is 57.0 Å². The van der Waals surface area contributed by atoms with Crippen molar-refractivity contribution in [2.45, 2.75) is 43.6 Å². The minimum atomic E-state index is -0.0768. The summed E-state index contributed by atoms with van der Waals surface area (Å²) in [6.45, 7) is 4.63. The van der Waals surface area contributed by atoms with E-state index in [1.54, 1.807) is 12.3 Å². The molecule has 28 heavy (non-hydrogen) atoms. The molecule has 0 saturated carbocycles. The van der Waals surface area contributed by atoms with E-state index in [2.05, 4.69) is 15.0 Å². The van der Waals surface area contributed by atoms with Gasteiger partial charge in [-0.2, -0.15) is 0 Å². The maximum Gasteiger partial charge on any atom is 0.290 e. The van der Waals surface area contributed by atoms with E-state index in [4.69, 9.17) is 4.42 Å². The molecule has 7 heteroatoms. The fourth-order valence-electron chi connectivity index (χ4n) is 3.50. The first kappa shape index (κ1) is 18.7. The van der Waals surface area contributed by atoms with Crippen molar-refractivity contribution in [3.63, 3.8) is 0 Å². The molecule has 1 amide bonds. The normalized spacial score (nSPS) is 16.5. The molecule has 144 valence electrons. The lowest BCUT2D eigenvalue weighted by Crippen LogP contribution is -2.30. The van der Waals surface area contributed by atoms with Gasteiger partial charge in [0.1, 0.15) is 5.76 Å². The highest BCUT2D eigenvalue weighted by Crippen LogP contribution is 2.32. The molecule has 0 spiro atoms. The van der Waals surface area contributed by atoms with Crippen molar-refractivity contribution < 1.29 is 9.21 Å². The zero-order valence-corrected chi connectivity index (χ0v) is 16.8. The maximum atomic E-state index is 13.0. The molecular weight excluding hydrogens is 372 g/mol. The second kappa shape index (κ2) is 8.14. The van der Waals surface area contributed by atoms with Crippen molar-refractivity contribution in [3.05, 3.63) is 71.2 Å². The molecule has 3 aromatic heterocycles. The summed E-state index contributed by atoms with van der Waals surface area (Å²) in [6, 6.07) is 11.4. The van der Waals surface area contributed by atoms with Crippen LogP contribution in [-0.2, 0) is 5.75 Å². The number of aryl methyl sites for hydroxylation is 2. The fourth-order valence-corrected chi connectivity index (χ4v) is 4.34. The van der Waals surface area contributed by atoms with Crippen molar-refractivity contribution >= 4 is 17.7 Å². The number of carbonyl (C=O) groups is 1. The third kappa shape index (κ3) is 4.09. The second-order valence-electron chi connectivity index (χ2n) is 6.90. The number of hydrogen-bond donors (Lipinski definition) is 0. The van der Waals surface area contributed by atoms with E-state index in [1.165, 1.54) is 11.8 Å². The number of pyridine rings is 1. The largest absolute Gasteiger partial charge is 0.455 e. The van der Waals surface area contributed by atoms with Crippen LogP contribution in [0.4, 0.5) is 0 Å². The summed E-state index contributed by atoms with van der Waals surface area (Å²) < 4.78 is 5.84. The van der Waals surface area contributed by atoms with Crippen LogP contribution in [0.2, 0.25) is 0 Å². The molecule has 3 aromatic rings. The minimum Gasteiger partial charge on any atom is -0.455 e. The van der Waals surface area contributed by atoms with Crippen LogP contribution in [0.5, 0.6) is 0 Å². The van der Waals surface area contributed by atoms with Crippen molar-refractivity contribution in [2.24, 2.45) is 0 Å². The Bertz CT molecular complexity index is 953. The first-order valence-electron chi connectivity index (χ1n) is 9.36. The van der Waals surface area contributed by atoms with Gasteiger partial charge in [0.15, 0.2) is 10.9 Å². The molecule has 0 unspecified atom stereocenters. The zero-order chi connectivity index (χ0) is 19.5. The maximum absolute atomic E-state index is 13.0. The van der Waals surface area contributed by atoms with E-state index in [9.17, 15) is 4.79 Å². The van der Waals surface area contributed by atoms with Gasteiger partial charge in [0.05, 0.1) is 17.5 Å². The zero-order valence-electron chi connectivity index (χ0n) is 16.0. The number of rotatable bonds is 5. The monoisotopic (exact) mass is 394 g/mol. The van der Waals surface area contributed by atoms with Crippen LogP contribution in [0.3, 0.4) is 0 Å². The molecule has 1 aliphatic heterocycles. The Hall–Kier alpha value is -2.67. The van der Waals surface area contributed by atoms with Crippen LogP contribution >= 0.6 is 11.8 Å². The van der Waals surface area contributed by atoms with E-state index in [0.717, 1.165) is 47.4 Å². The number of hydrogen-bond acceptors (Lipinski definition) is 6. The Kier molecular flexibility index (Phi) is 5.43. The van der Waals surface area contributed by atoms with Crippen molar-refractivity contribution in [3.8, 4) is 0 Å². The Labute approximate surface area is 168 Å². The van der Waals surface area contributed by atoms with Gasteiger partial charge in [0.25, 0.3) is 5.91 Å².